The fourth-order valence-corrected chi connectivity index (χ4v) is 4.48. The fourth-order valence-electron chi connectivity index (χ4n) is 4.48. The van der Waals surface area contributed by atoms with E-state index >= 15 is 0 Å². The van der Waals surface area contributed by atoms with Crippen LogP contribution in [0.3, 0.4) is 0 Å². The summed E-state index contributed by atoms with van der Waals surface area (Å²) in [5.74, 6) is -0.0797. The molecule has 1 amide bonds. The standard InChI is InChI=1S/C32H61NO3/c1-3-5-7-9-11-13-14-15-16-17-18-20-21-23-25-27-31(35)30(29-34)33-32(36)28-26-24-22-19-12-10-8-6-4-2/h18,20,25,27,30-31,34-35H,3-17,19,21-24,26,28-29H2,1-2H3,(H,33,36)/b20-18+,27-25+/t30-,31+/m0/s1. The molecule has 212 valence electrons. The third-order valence-electron chi connectivity index (χ3n) is 6.94. The molecule has 0 saturated heterocycles. The van der Waals surface area contributed by atoms with Crippen molar-refractivity contribution in [3.05, 3.63) is 24.3 Å². The van der Waals surface area contributed by atoms with Gasteiger partial charge in [-0.1, -0.05) is 141 Å². The van der Waals surface area contributed by atoms with Gasteiger partial charge >= 0.3 is 0 Å². The number of amides is 1. The van der Waals surface area contributed by atoms with Gasteiger partial charge in [-0.2, -0.15) is 0 Å². The van der Waals surface area contributed by atoms with E-state index in [9.17, 15) is 15.0 Å². The van der Waals surface area contributed by atoms with E-state index in [1.807, 2.05) is 6.08 Å². The lowest BCUT2D eigenvalue weighted by Gasteiger charge is -2.19. The highest BCUT2D eigenvalue weighted by molar-refractivity contribution is 5.76. The summed E-state index contributed by atoms with van der Waals surface area (Å²) in [5.41, 5.74) is 0. The summed E-state index contributed by atoms with van der Waals surface area (Å²) in [6.45, 7) is 4.25. The van der Waals surface area contributed by atoms with Crippen molar-refractivity contribution in [3.63, 3.8) is 0 Å². The van der Waals surface area contributed by atoms with Crippen LogP contribution in [0, 0.1) is 0 Å². The lowest BCUT2D eigenvalue weighted by molar-refractivity contribution is -0.123. The van der Waals surface area contributed by atoms with Crippen molar-refractivity contribution in [1.82, 2.24) is 5.32 Å². The predicted molar refractivity (Wildman–Crippen MR) is 156 cm³/mol. The Balaban J connectivity index is 3.73. The molecule has 0 aliphatic heterocycles. The smallest absolute Gasteiger partial charge is 0.220 e. The maximum absolute atomic E-state index is 12.2. The summed E-state index contributed by atoms with van der Waals surface area (Å²) in [6.07, 6.45) is 33.9. The van der Waals surface area contributed by atoms with Gasteiger partial charge in [0.05, 0.1) is 18.8 Å². The van der Waals surface area contributed by atoms with E-state index in [0.29, 0.717) is 6.42 Å². The molecule has 0 heterocycles. The normalized spacial score (nSPS) is 13.6. The Kier molecular flexibility index (Phi) is 27.5. The van der Waals surface area contributed by atoms with E-state index < -0.39 is 12.1 Å². The van der Waals surface area contributed by atoms with Gasteiger partial charge in [-0.3, -0.25) is 4.79 Å². The lowest BCUT2D eigenvalue weighted by atomic mass is 10.1. The largest absolute Gasteiger partial charge is 0.394 e. The SMILES string of the molecule is CCCCCCCCCCC/C=C/CC/C=C/[C@@H](O)[C@H](CO)NC(=O)CCCCCCCCCCC. The van der Waals surface area contributed by atoms with E-state index in [-0.39, 0.29) is 12.5 Å². The molecule has 3 N–H and O–H groups in total. The van der Waals surface area contributed by atoms with Crippen LogP contribution >= 0.6 is 0 Å². The minimum absolute atomic E-state index is 0.0797. The molecular formula is C32H61NO3. The molecule has 0 rings (SSSR count). The van der Waals surface area contributed by atoms with Gasteiger partial charge in [0.1, 0.15) is 0 Å². The number of unbranched alkanes of at least 4 members (excludes halogenated alkanes) is 18. The summed E-state index contributed by atoms with van der Waals surface area (Å²) in [4.78, 5) is 12.2. The van der Waals surface area contributed by atoms with Crippen molar-refractivity contribution in [3.8, 4) is 0 Å². The monoisotopic (exact) mass is 507 g/mol. The molecule has 2 atom stereocenters. The molecule has 0 aromatic heterocycles. The highest BCUT2D eigenvalue weighted by Gasteiger charge is 2.17. The minimum atomic E-state index is -0.854. The second-order valence-electron chi connectivity index (χ2n) is 10.5. The Morgan fingerprint density at radius 3 is 1.61 bits per heavy atom. The third kappa shape index (κ3) is 24.6. The van der Waals surface area contributed by atoms with Crippen molar-refractivity contribution in [1.29, 1.82) is 0 Å². The molecule has 0 radical (unpaired) electrons. The van der Waals surface area contributed by atoms with Crippen LogP contribution in [0.15, 0.2) is 24.3 Å². The summed E-state index contributed by atoms with van der Waals surface area (Å²) in [7, 11) is 0. The van der Waals surface area contributed by atoms with E-state index in [1.165, 1.54) is 103 Å². The first kappa shape index (κ1) is 34.9. The Morgan fingerprint density at radius 1 is 0.639 bits per heavy atom. The van der Waals surface area contributed by atoms with Crippen molar-refractivity contribution in [2.45, 2.75) is 167 Å². The summed E-state index contributed by atoms with van der Waals surface area (Å²) in [5, 5.41) is 22.7. The number of rotatable bonds is 27. The van der Waals surface area contributed by atoms with Gasteiger partial charge in [0.15, 0.2) is 0 Å². The zero-order chi connectivity index (χ0) is 26.5. The van der Waals surface area contributed by atoms with Gasteiger partial charge in [0.25, 0.3) is 0 Å². The molecule has 36 heavy (non-hydrogen) atoms. The maximum Gasteiger partial charge on any atom is 0.220 e. The fraction of sp³-hybridized carbons (Fsp3) is 0.844. The average Bonchev–Trinajstić information content (AvgIpc) is 2.88. The van der Waals surface area contributed by atoms with Crippen LogP contribution in [0.25, 0.3) is 0 Å². The Hall–Kier alpha value is -1.13. The van der Waals surface area contributed by atoms with Crippen LogP contribution < -0.4 is 5.32 Å². The average molecular weight is 508 g/mol. The van der Waals surface area contributed by atoms with Gasteiger partial charge in [-0.05, 0) is 32.1 Å². The number of nitrogens with one attached hydrogen (secondary N) is 1. The quantitative estimate of drug-likeness (QED) is 0.0770. The number of aliphatic hydroxyl groups is 2. The van der Waals surface area contributed by atoms with Crippen LogP contribution in [-0.4, -0.2) is 34.9 Å². The van der Waals surface area contributed by atoms with Crippen LogP contribution in [0.5, 0.6) is 0 Å². The van der Waals surface area contributed by atoms with Gasteiger partial charge in [0.2, 0.25) is 5.91 Å². The van der Waals surface area contributed by atoms with E-state index in [2.05, 4.69) is 31.3 Å². The van der Waals surface area contributed by atoms with Crippen molar-refractivity contribution >= 4 is 5.91 Å². The van der Waals surface area contributed by atoms with Gasteiger partial charge in [0, 0.05) is 6.42 Å². The minimum Gasteiger partial charge on any atom is -0.394 e. The number of carbonyl (C=O) groups excluding carboxylic acids is 1. The predicted octanol–water partition coefficient (Wildman–Crippen LogP) is 8.56. The molecule has 0 spiro atoms. The van der Waals surface area contributed by atoms with Crippen LogP contribution in [0.2, 0.25) is 0 Å². The van der Waals surface area contributed by atoms with Crippen molar-refractivity contribution in [2.24, 2.45) is 0 Å². The summed E-state index contributed by atoms with van der Waals surface area (Å²) >= 11 is 0. The molecular weight excluding hydrogens is 446 g/mol. The molecule has 4 nitrogen and oxygen atoms in total. The van der Waals surface area contributed by atoms with Gasteiger partial charge in [-0.25, -0.2) is 0 Å². The van der Waals surface area contributed by atoms with Crippen molar-refractivity contribution < 1.29 is 15.0 Å². The Morgan fingerprint density at radius 2 is 1.08 bits per heavy atom. The summed E-state index contributed by atoms with van der Waals surface area (Å²) in [6, 6.07) is -0.630. The number of aliphatic hydroxyl groups excluding tert-OH is 2. The number of allylic oxidation sites excluding steroid dienone is 3. The van der Waals surface area contributed by atoms with Crippen LogP contribution in [0.1, 0.15) is 155 Å². The number of hydrogen-bond acceptors (Lipinski definition) is 3. The molecule has 0 aliphatic rings. The van der Waals surface area contributed by atoms with Gasteiger partial charge < -0.3 is 15.5 Å². The second-order valence-corrected chi connectivity index (χ2v) is 10.5. The molecule has 0 saturated carbocycles. The molecule has 0 aliphatic carbocycles. The first-order valence-electron chi connectivity index (χ1n) is 15.6. The number of carbonyl (C=O) groups is 1. The molecule has 0 aromatic rings. The molecule has 4 heteroatoms. The Bertz CT molecular complexity index is 518. The first-order valence-corrected chi connectivity index (χ1v) is 15.6. The van der Waals surface area contributed by atoms with E-state index in [4.69, 9.17) is 0 Å². The second kappa shape index (κ2) is 28.4. The molecule has 0 aromatic carbocycles. The Labute approximate surface area is 224 Å². The first-order chi connectivity index (χ1) is 17.7. The molecule has 0 fully saturated rings. The van der Waals surface area contributed by atoms with Crippen LogP contribution in [0.4, 0.5) is 0 Å². The van der Waals surface area contributed by atoms with E-state index in [1.54, 1.807) is 6.08 Å². The zero-order valence-electron chi connectivity index (χ0n) is 24.0. The van der Waals surface area contributed by atoms with Crippen molar-refractivity contribution in [2.75, 3.05) is 6.61 Å². The summed E-state index contributed by atoms with van der Waals surface area (Å²) < 4.78 is 0. The van der Waals surface area contributed by atoms with E-state index in [0.717, 1.165) is 32.1 Å². The highest BCUT2D eigenvalue weighted by atomic mass is 16.3. The maximum atomic E-state index is 12.2. The molecule has 0 bridgehead atoms. The highest BCUT2D eigenvalue weighted by Crippen LogP contribution is 2.12. The van der Waals surface area contributed by atoms with Gasteiger partial charge in [-0.15, -0.1) is 0 Å². The number of hydrogen-bond donors (Lipinski definition) is 3. The van der Waals surface area contributed by atoms with Crippen LogP contribution in [-0.2, 0) is 4.79 Å². The lowest BCUT2D eigenvalue weighted by Crippen LogP contribution is -2.45. The topological polar surface area (TPSA) is 69.6 Å². The zero-order valence-corrected chi connectivity index (χ0v) is 24.0. The third-order valence-corrected chi connectivity index (χ3v) is 6.94. The molecule has 0 unspecified atom stereocenters.